The van der Waals surface area contributed by atoms with Crippen LogP contribution in [0.3, 0.4) is 0 Å². The van der Waals surface area contributed by atoms with Crippen molar-refractivity contribution in [3.05, 3.63) is 47.1 Å². The van der Waals surface area contributed by atoms with Crippen molar-refractivity contribution in [1.82, 2.24) is 0 Å². The van der Waals surface area contributed by atoms with Gasteiger partial charge in [0.05, 0.1) is 5.50 Å². The van der Waals surface area contributed by atoms with Crippen molar-refractivity contribution in [2.75, 3.05) is 0 Å². The molecule has 0 bridgehead atoms. The Bertz CT molecular complexity index is 357. The van der Waals surface area contributed by atoms with Crippen LogP contribution >= 0.6 is 0 Å². The summed E-state index contributed by atoms with van der Waals surface area (Å²) < 4.78 is 0. The van der Waals surface area contributed by atoms with E-state index in [0.717, 1.165) is 23.1 Å². The highest BCUT2D eigenvalue weighted by Gasteiger charge is 2.21. The fourth-order valence-electron chi connectivity index (χ4n) is 1.65. The SMILES string of the molecule is [B]C(O)(/C=C\C)C(/C=C(C)\C=C/C)=C(/C)CC. The molecule has 1 unspecified atom stereocenters. The van der Waals surface area contributed by atoms with Crippen molar-refractivity contribution in [1.29, 1.82) is 0 Å². The van der Waals surface area contributed by atoms with E-state index < -0.39 is 5.50 Å². The molecule has 0 saturated heterocycles. The van der Waals surface area contributed by atoms with E-state index in [1.807, 2.05) is 45.9 Å². The highest BCUT2D eigenvalue weighted by molar-refractivity contribution is 6.18. The molecule has 0 aliphatic carbocycles. The molecule has 17 heavy (non-hydrogen) atoms. The fraction of sp³-hybridized carbons (Fsp3) is 0.467. The second-order valence-corrected chi connectivity index (χ2v) is 4.26. The van der Waals surface area contributed by atoms with E-state index in [2.05, 4.69) is 6.92 Å². The Morgan fingerprint density at radius 3 is 2.24 bits per heavy atom. The Hall–Kier alpha value is -1.02. The Labute approximate surface area is 107 Å². The summed E-state index contributed by atoms with van der Waals surface area (Å²) in [5, 5.41) is 10.3. The van der Waals surface area contributed by atoms with Crippen LogP contribution in [0.4, 0.5) is 0 Å². The van der Waals surface area contributed by atoms with Gasteiger partial charge in [-0.25, -0.2) is 0 Å². The zero-order valence-corrected chi connectivity index (χ0v) is 11.6. The average molecular weight is 230 g/mol. The van der Waals surface area contributed by atoms with Crippen LogP contribution in [0.5, 0.6) is 0 Å². The van der Waals surface area contributed by atoms with Gasteiger partial charge in [-0.15, -0.1) is 0 Å². The third kappa shape index (κ3) is 5.23. The molecule has 0 saturated carbocycles. The minimum Gasteiger partial charge on any atom is -0.391 e. The number of rotatable bonds is 5. The molecule has 0 aromatic rings. The van der Waals surface area contributed by atoms with Crippen molar-refractivity contribution in [3.63, 3.8) is 0 Å². The molecule has 0 aromatic carbocycles. The predicted molar refractivity (Wildman–Crippen MR) is 77.1 cm³/mol. The number of allylic oxidation sites excluding steroid dienone is 5. The Kier molecular flexibility index (Phi) is 6.90. The predicted octanol–water partition coefficient (Wildman–Crippen LogP) is 3.67. The molecule has 0 heterocycles. The lowest BCUT2D eigenvalue weighted by Crippen LogP contribution is -2.29. The second kappa shape index (κ2) is 7.34. The van der Waals surface area contributed by atoms with Crippen LogP contribution in [-0.4, -0.2) is 18.5 Å². The largest absolute Gasteiger partial charge is 0.391 e. The molecule has 0 aliphatic rings. The summed E-state index contributed by atoms with van der Waals surface area (Å²) in [6.45, 7) is 9.86. The standard InChI is InChI=1S/C15H23BO/c1-6-9-12(4)11-14(13(5)8-3)15(16,17)10-7-2/h6-7,9-11,17H,8H2,1-5H3/b9-6-,10-7-,12-11-,14-13-. The van der Waals surface area contributed by atoms with Crippen molar-refractivity contribution < 1.29 is 5.11 Å². The van der Waals surface area contributed by atoms with Crippen LogP contribution in [0.1, 0.15) is 41.0 Å². The minimum atomic E-state index is -1.39. The molecule has 92 valence electrons. The summed E-state index contributed by atoms with van der Waals surface area (Å²) in [5.74, 6) is 0. The van der Waals surface area contributed by atoms with Crippen LogP contribution in [0.2, 0.25) is 0 Å². The number of hydrogen-bond donors (Lipinski definition) is 1. The van der Waals surface area contributed by atoms with Crippen LogP contribution < -0.4 is 0 Å². The van der Waals surface area contributed by atoms with Crippen molar-refractivity contribution in [2.24, 2.45) is 0 Å². The summed E-state index contributed by atoms with van der Waals surface area (Å²) in [4.78, 5) is 0. The van der Waals surface area contributed by atoms with Gasteiger partial charge in [0, 0.05) is 0 Å². The van der Waals surface area contributed by atoms with Gasteiger partial charge in [-0.1, -0.05) is 48.5 Å². The normalized spacial score (nSPS) is 18.6. The van der Waals surface area contributed by atoms with E-state index >= 15 is 0 Å². The highest BCUT2D eigenvalue weighted by Crippen LogP contribution is 2.24. The van der Waals surface area contributed by atoms with Crippen LogP contribution in [0.15, 0.2) is 47.1 Å². The molecule has 2 radical (unpaired) electrons. The van der Waals surface area contributed by atoms with Gasteiger partial charge in [0.1, 0.15) is 7.85 Å². The maximum absolute atomic E-state index is 10.3. The van der Waals surface area contributed by atoms with E-state index in [-0.39, 0.29) is 0 Å². The zero-order valence-electron chi connectivity index (χ0n) is 11.6. The van der Waals surface area contributed by atoms with Crippen molar-refractivity contribution in [3.8, 4) is 0 Å². The van der Waals surface area contributed by atoms with Gasteiger partial charge >= 0.3 is 0 Å². The summed E-state index contributed by atoms with van der Waals surface area (Å²) in [6.07, 6.45) is 10.2. The number of aliphatic hydroxyl groups is 1. The first-order valence-electron chi connectivity index (χ1n) is 6.05. The maximum Gasteiger partial charge on any atom is 0.125 e. The third-order valence-corrected chi connectivity index (χ3v) is 2.64. The van der Waals surface area contributed by atoms with Gasteiger partial charge in [0.25, 0.3) is 0 Å². The lowest BCUT2D eigenvalue weighted by molar-refractivity contribution is 0.218. The van der Waals surface area contributed by atoms with Crippen LogP contribution in [-0.2, 0) is 0 Å². The molecule has 0 aromatic heterocycles. The van der Waals surface area contributed by atoms with Crippen LogP contribution in [0, 0.1) is 0 Å². The molecule has 1 atom stereocenters. The zero-order chi connectivity index (χ0) is 13.5. The summed E-state index contributed by atoms with van der Waals surface area (Å²) in [6, 6.07) is 0. The third-order valence-electron chi connectivity index (χ3n) is 2.64. The smallest absolute Gasteiger partial charge is 0.125 e. The minimum absolute atomic E-state index is 0.772. The van der Waals surface area contributed by atoms with Gasteiger partial charge in [-0.05, 0) is 39.7 Å². The second-order valence-electron chi connectivity index (χ2n) is 4.26. The van der Waals surface area contributed by atoms with E-state index in [1.54, 1.807) is 12.2 Å². The van der Waals surface area contributed by atoms with E-state index in [4.69, 9.17) is 7.85 Å². The first-order chi connectivity index (χ1) is 7.88. The van der Waals surface area contributed by atoms with Crippen LogP contribution in [0.25, 0.3) is 0 Å². The summed E-state index contributed by atoms with van der Waals surface area (Å²) >= 11 is 0. The summed E-state index contributed by atoms with van der Waals surface area (Å²) in [5.41, 5.74) is 1.55. The maximum atomic E-state index is 10.3. The number of hydrogen-bond acceptors (Lipinski definition) is 1. The van der Waals surface area contributed by atoms with Gasteiger partial charge in [-0.3, -0.25) is 0 Å². The van der Waals surface area contributed by atoms with Crippen molar-refractivity contribution >= 4 is 7.85 Å². The lowest BCUT2D eigenvalue weighted by Gasteiger charge is -2.24. The first kappa shape index (κ1) is 16.0. The summed E-state index contributed by atoms with van der Waals surface area (Å²) in [7, 11) is 5.93. The first-order valence-corrected chi connectivity index (χ1v) is 6.05. The Morgan fingerprint density at radius 1 is 1.24 bits per heavy atom. The Morgan fingerprint density at radius 2 is 1.82 bits per heavy atom. The molecular formula is C15H23BO. The molecule has 1 N–H and O–H groups in total. The van der Waals surface area contributed by atoms with E-state index in [0.29, 0.717) is 0 Å². The quantitative estimate of drug-likeness (QED) is 0.434. The fourth-order valence-corrected chi connectivity index (χ4v) is 1.65. The van der Waals surface area contributed by atoms with E-state index in [1.165, 1.54) is 0 Å². The van der Waals surface area contributed by atoms with Crippen molar-refractivity contribution in [2.45, 2.75) is 46.5 Å². The Balaban J connectivity index is 5.55. The van der Waals surface area contributed by atoms with Gasteiger partial charge < -0.3 is 5.11 Å². The molecule has 0 rings (SSSR count). The molecule has 0 aliphatic heterocycles. The van der Waals surface area contributed by atoms with Gasteiger partial charge in [0.15, 0.2) is 0 Å². The molecule has 1 nitrogen and oxygen atoms in total. The molecule has 0 amide bonds. The molecular weight excluding hydrogens is 207 g/mol. The average Bonchev–Trinajstić information content (AvgIpc) is 2.25. The molecule has 2 heteroatoms. The van der Waals surface area contributed by atoms with E-state index in [9.17, 15) is 5.11 Å². The van der Waals surface area contributed by atoms with Gasteiger partial charge in [0.2, 0.25) is 0 Å². The monoisotopic (exact) mass is 230 g/mol. The highest BCUT2D eigenvalue weighted by atomic mass is 16.3. The topological polar surface area (TPSA) is 20.2 Å². The van der Waals surface area contributed by atoms with Gasteiger partial charge in [-0.2, -0.15) is 0 Å². The molecule has 0 fully saturated rings. The lowest BCUT2D eigenvalue weighted by atomic mass is 9.72. The molecule has 0 spiro atoms.